The average molecular weight is 394 g/mol. The molecule has 0 radical (unpaired) electrons. The third kappa shape index (κ3) is 5.18. The van der Waals surface area contributed by atoms with Crippen molar-refractivity contribution >= 4 is 6.21 Å². The van der Waals surface area contributed by atoms with E-state index >= 15 is 0 Å². The largest absolute Gasteiger partial charge is 0.301 e. The van der Waals surface area contributed by atoms with Crippen LogP contribution in [0.5, 0.6) is 0 Å². The maximum Gasteiger partial charge on any atom is 0.113 e. The monoisotopic (exact) mass is 394 g/mol. The maximum absolute atomic E-state index is 4.88. The second kappa shape index (κ2) is 10.1. The number of pyridine rings is 4. The summed E-state index contributed by atoms with van der Waals surface area (Å²) in [6.45, 7) is 0.588. The normalized spacial score (nSPS) is 13.2. The highest BCUT2D eigenvalue weighted by Gasteiger charge is 2.26. The third-order valence-corrected chi connectivity index (χ3v) is 4.60. The van der Waals surface area contributed by atoms with E-state index in [-0.39, 0.29) is 12.1 Å². The summed E-state index contributed by atoms with van der Waals surface area (Å²) in [6, 6.07) is 22.9. The van der Waals surface area contributed by atoms with Gasteiger partial charge in [0.25, 0.3) is 0 Å². The molecule has 0 aliphatic rings. The van der Waals surface area contributed by atoms with E-state index in [1.807, 2.05) is 72.8 Å². The summed E-state index contributed by atoms with van der Waals surface area (Å²) in [6.07, 6.45) is 8.92. The quantitative estimate of drug-likeness (QED) is 0.458. The van der Waals surface area contributed by atoms with Gasteiger partial charge in [-0.15, -0.1) is 0 Å². The second-order valence-corrected chi connectivity index (χ2v) is 6.67. The molecular formula is C24H22N6. The Bertz CT molecular complexity index is 1040. The molecule has 0 spiro atoms. The van der Waals surface area contributed by atoms with Gasteiger partial charge in [-0.1, -0.05) is 24.3 Å². The van der Waals surface area contributed by atoms with E-state index in [0.717, 1.165) is 22.8 Å². The molecule has 0 amide bonds. The van der Waals surface area contributed by atoms with Gasteiger partial charge in [-0.05, 0) is 48.5 Å². The van der Waals surface area contributed by atoms with Gasteiger partial charge in [-0.2, -0.15) is 0 Å². The van der Waals surface area contributed by atoms with Crippen LogP contribution in [0.2, 0.25) is 0 Å². The fraction of sp³-hybridized carbons (Fsp3) is 0.125. The molecule has 4 aromatic rings. The van der Waals surface area contributed by atoms with E-state index in [1.165, 1.54) is 0 Å². The highest BCUT2D eigenvalue weighted by molar-refractivity contribution is 5.77. The van der Waals surface area contributed by atoms with Crippen molar-refractivity contribution < 1.29 is 0 Å². The molecule has 30 heavy (non-hydrogen) atoms. The highest BCUT2D eigenvalue weighted by Crippen LogP contribution is 2.30. The van der Waals surface area contributed by atoms with E-state index in [4.69, 9.17) is 4.99 Å². The molecule has 4 heterocycles. The van der Waals surface area contributed by atoms with Crippen LogP contribution in [0, 0.1) is 0 Å². The van der Waals surface area contributed by atoms with E-state index in [9.17, 15) is 0 Å². The number of nitrogens with zero attached hydrogens (tertiary/aromatic N) is 5. The maximum atomic E-state index is 4.88. The Kier molecular flexibility index (Phi) is 6.60. The van der Waals surface area contributed by atoms with Crippen molar-refractivity contribution in [3.63, 3.8) is 0 Å². The van der Waals surface area contributed by atoms with Gasteiger partial charge in [0.15, 0.2) is 0 Å². The van der Waals surface area contributed by atoms with E-state index in [0.29, 0.717) is 6.54 Å². The number of aliphatic imine (C=N–C) groups is 1. The molecule has 6 nitrogen and oxygen atoms in total. The van der Waals surface area contributed by atoms with Crippen LogP contribution >= 0.6 is 0 Å². The number of hydrogen-bond acceptors (Lipinski definition) is 6. The molecule has 4 aromatic heterocycles. The number of rotatable bonds is 8. The topological polar surface area (TPSA) is 76.0 Å². The van der Waals surface area contributed by atoms with Gasteiger partial charge in [0.1, 0.15) is 6.04 Å². The predicted molar refractivity (Wildman–Crippen MR) is 117 cm³/mol. The first-order valence-electron chi connectivity index (χ1n) is 9.79. The first-order chi connectivity index (χ1) is 14.9. The SMILES string of the molecule is C(=N[C@H](c1ccccn1)C(NCc1ccccn1)c1ccccn1)c1ccccn1. The predicted octanol–water partition coefficient (Wildman–Crippen LogP) is 3.96. The Hall–Kier alpha value is -3.77. The molecule has 148 valence electrons. The first kappa shape index (κ1) is 19.5. The number of nitrogens with one attached hydrogen (secondary N) is 1. The van der Waals surface area contributed by atoms with Crippen LogP contribution in [0.25, 0.3) is 0 Å². The van der Waals surface area contributed by atoms with Gasteiger partial charge in [0, 0.05) is 37.5 Å². The smallest absolute Gasteiger partial charge is 0.113 e. The average Bonchev–Trinajstić information content (AvgIpc) is 2.83. The van der Waals surface area contributed by atoms with Crippen LogP contribution in [0.3, 0.4) is 0 Å². The zero-order valence-corrected chi connectivity index (χ0v) is 16.4. The van der Waals surface area contributed by atoms with Gasteiger partial charge < -0.3 is 5.32 Å². The van der Waals surface area contributed by atoms with Crippen LogP contribution in [0.1, 0.15) is 34.9 Å². The molecule has 1 unspecified atom stereocenters. The van der Waals surface area contributed by atoms with E-state index in [2.05, 4.69) is 25.3 Å². The van der Waals surface area contributed by atoms with E-state index < -0.39 is 0 Å². The summed E-state index contributed by atoms with van der Waals surface area (Å²) in [7, 11) is 0. The lowest BCUT2D eigenvalue weighted by atomic mass is 10.0. The zero-order chi connectivity index (χ0) is 20.4. The van der Waals surface area contributed by atoms with Gasteiger partial charge in [0.2, 0.25) is 0 Å². The van der Waals surface area contributed by atoms with Crippen LogP contribution in [0.4, 0.5) is 0 Å². The molecule has 6 heteroatoms. The summed E-state index contributed by atoms with van der Waals surface area (Å²) in [4.78, 5) is 22.8. The Balaban J connectivity index is 1.69. The summed E-state index contributed by atoms with van der Waals surface area (Å²) in [5.41, 5.74) is 3.49. The summed E-state index contributed by atoms with van der Waals surface area (Å²) in [5.74, 6) is 0. The third-order valence-electron chi connectivity index (χ3n) is 4.60. The molecule has 0 saturated heterocycles. The van der Waals surface area contributed by atoms with Crippen molar-refractivity contribution in [3.8, 4) is 0 Å². The van der Waals surface area contributed by atoms with Gasteiger partial charge >= 0.3 is 0 Å². The molecule has 0 fully saturated rings. The second-order valence-electron chi connectivity index (χ2n) is 6.67. The van der Waals surface area contributed by atoms with Crippen LogP contribution in [-0.4, -0.2) is 26.2 Å². The lowest BCUT2D eigenvalue weighted by molar-refractivity contribution is 0.436. The Morgan fingerprint density at radius 3 is 1.93 bits per heavy atom. The van der Waals surface area contributed by atoms with Crippen LogP contribution in [-0.2, 0) is 6.54 Å². The molecule has 4 rings (SSSR count). The molecule has 0 aliphatic heterocycles. The zero-order valence-electron chi connectivity index (χ0n) is 16.4. The van der Waals surface area contributed by atoms with Crippen molar-refractivity contribution in [2.24, 2.45) is 4.99 Å². The molecule has 1 N–H and O–H groups in total. The van der Waals surface area contributed by atoms with Gasteiger partial charge in [-0.25, -0.2) is 0 Å². The minimum Gasteiger partial charge on any atom is -0.301 e. The Morgan fingerprint density at radius 2 is 1.33 bits per heavy atom. The Morgan fingerprint density at radius 1 is 0.700 bits per heavy atom. The molecule has 0 aromatic carbocycles. The lowest BCUT2D eigenvalue weighted by Gasteiger charge is -2.24. The summed E-state index contributed by atoms with van der Waals surface area (Å²) < 4.78 is 0. The van der Waals surface area contributed by atoms with Crippen molar-refractivity contribution in [1.29, 1.82) is 0 Å². The number of hydrogen-bond donors (Lipinski definition) is 1. The minimum absolute atomic E-state index is 0.192. The van der Waals surface area contributed by atoms with Crippen LogP contribution < -0.4 is 5.32 Å². The first-order valence-corrected chi connectivity index (χ1v) is 9.79. The molecule has 0 aliphatic carbocycles. The lowest BCUT2D eigenvalue weighted by Crippen LogP contribution is -2.28. The van der Waals surface area contributed by atoms with Crippen molar-refractivity contribution in [1.82, 2.24) is 25.3 Å². The summed E-state index contributed by atoms with van der Waals surface area (Å²) in [5, 5.41) is 3.59. The van der Waals surface area contributed by atoms with Crippen molar-refractivity contribution in [2.75, 3.05) is 0 Å². The Labute approximate surface area is 175 Å². The summed E-state index contributed by atoms with van der Waals surface area (Å²) >= 11 is 0. The van der Waals surface area contributed by atoms with Crippen LogP contribution in [0.15, 0.2) is 103 Å². The fourth-order valence-electron chi connectivity index (χ4n) is 3.15. The highest BCUT2D eigenvalue weighted by atomic mass is 15.0. The van der Waals surface area contributed by atoms with Gasteiger partial charge in [-0.3, -0.25) is 24.9 Å². The molecule has 2 atom stereocenters. The van der Waals surface area contributed by atoms with Crippen molar-refractivity contribution in [3.05, 3.63) is 120 Å². The van der Waals surface area contributed by atoms with Gasteiger partial charge in [0.05, 0.1) is 28.8 Å². The standard InChI is InChI=1S/C24H22N6/c1-5-13-25-19(9-1)17-29-23(21-11-3-7-15-27-21)24(22-12-4-8-16-28-22)30-18-20-10-2-6-14-26-20/h1-17,23-24,30H,18H2/t23-,24?/m1/s1. The minimum atomic E-state index is -0.285. The fourth-order valence-corrected chi connectivity index (χ4v) is 3.15. The van der Waals surface area contributed by atoms with E-state index in [1.54, 1.807) is 31.0 Å². The molecule has 0 bridgehead atoms. The number of aromatic nitrogens is 4. The molecular weight excluding hydrogens is 372 g/mol. The van der Waals surface area contributed by atoms with Crippen molar-refractivity contribution in [2.45, 2.75) is 18.6 Å². The molecule has 0 saturated carbocycles.